The highest BCUT2D eigenvalue weighted by molar-refractivity contribution is 5.92. The van der Waals surface area contributed by atoms with Gasteiger partial charge in [0.2, 0.25) is 0 Å². The lowest BCUT2D eigenvalue weighted by Gasteiger charge is -2.20. The number of ether oxygens (including phenoxy) is 1. The second-order valence-corrected chi connectivity index (χ2v) is 6.36. The normalized spacial score (nSPS) is 19.1. The number of pyridine rings is 1. The molecule has 0 spiro atoms. The molecule has 3 aromatic rings. The highest BCUT2D eigenvalue weighted by Gasteiger charge is 2.33. The van der Waals surface area contributed by atoms with Gasteiger partial charge in [0.15, 0.2) is 0 Å². The van der Waals surface area contributed by atoms with Crippen molar-refractivity contribution >= 4 is 5.91 Å². The lowest BCUT2D eigenvalue weighted by molar-refractivity contribution is 0.0919. The van der Waals surface area contributed by atoms with E-state index in [9.17, 15) is 9.59 Å². The Kier molecular flexibility index (Phi) is 4.51. The number of nitrogens with zero attached hydrogens (tertiary/aromatic N) is 4. The molecule has 2 atom stereocenters. The molecular weight excluding hydrogens is 348 g/mol. The van der Waals surface area contributed by atoms with Crippen LogP contribution in [0, 0.1) is 6.92 Å². The lowest BCUT2D eigenvalue weighted by atomic mass is 10.1. The molecule has 0 aromatic carbocycles. The third kappa shape index (κ3) is 3.49. The van der Waals surface area contributed by atoms with Crippen LogP contribution in [-0.4, -0.2) is 50.1 Å². The van der Waals surface area contributed by atoms with Gasteiger partial charge in [-0.2, -0.15) is 10.2 Å². The van der Waals surface area contributed by atoms with Gasteiger partial charge in [0.05, 0.1) is 24.9 Å². The van der Waals surface area contributed by atoms with Crippen LogP contribution in [0.4, 0.5) is 0 Å². The van der Waals surface area contributed by atoms with Crippen LogP contribution in [0.2, 0.25) is 0 Å². The second-order valence-electron chi connectivity index (χ2n) is 6.36. The maximum atomic E-state index is 12.4. The van der Waals surface area contributed by atoms with E-state index in [1.807, 2.05) is 13.0 Å². The Morgan fingerprint density at radius 1 is 1.33 bits per heavy atom. The molecule has 4 rings (SSSR count). The lowest BCUT2D eigenvalue weighted by Crippen LogP contribution is -2.44. The van der Waals surface area contributed by atoms with E-state index in [4.69, 9.17) is 4.74 Å². The third-order valence-corrected chi connectivity index (χ3v) is 4.40. The topological polar surface area (TPSA) is 115 Å². The zero-order valence-electron chi connectivity index (χ0n) is 14.6. The van der Waals surface area contributed by atoms with Crippen molar-refractivity contribution < 1.29 is 9.53 Å². The summed E-state index contributed by atoms with van der Waals surface area (Å²) in [6.45, 7) is 2.40. The number of amides is 1. The van der Waals surface area contributed by atoms with E-state index < -0.39 is 6.04 Å². The summed E-state index contributed by atoms with van der Waals surface area (Å²) in [4.78, 5) is 28.9. The minimum absolute atomic E-state index is 0.256. The highest BCUT2D eigenvalue weighted by Crippen LogP contribution is 2.20. The Hall–Kier alpha value is -3.33. The molecule has 0 bridgehead atoms. The van der Waals surface area contributed by atoms with Gasteiger partial charge >= 0.3 is 0 Å². The number of hydrogen-bond acceptors (Lipinski definition) is 6. The summed E-state index contributed by atoms with van der Waals surface area (Å²) >= 11 is 0. The summed E-state index contributed by atoms with van der Waals surface area (Å²) in [6.07, 6.45) is 3.36. The number of rotatable bonds is 4. The first kappa shape index (κ1) is 17.1. The zero-order valence-corrected chi connectivity index (χ0v) is 14.6. The molecule has 0 radical (unpaired) electrons. The van der Waals surface area contributed by atoms with Gasteiger partial charge in [0, 0.05) is 29.7 Å². The van der Waals surface area contributed by atoms with E-state index in [0.717, 1.165) is 11.3 Å². The summed E-state index contributed by atoms with van der Waals surface area (Å²) in [5.41, 5.74) is 2.26. The molecule has 27 heavy (non-hydrogen) atoms. The predicted molar refractivity (Wildman–Crippen MR) is 96.2 cm³/mol. The van der Waals surface area contributed by atoms with Crippen molar-refractivity contribution in [3.63, 3.8) is 0 Å². The van der Waals surface area contributed by atoms with E-state index in [1.54, 1.807) is 30.6 Å². The van der Waals surface area contributed by atoms with Crippen molar-refractivity contribution in [2.24, 2.45) is 0 Å². The Balaban J connectivity index is 1.60. The monoisotopic (exact) mass is 366 g/mol. The van der Waals surface area contributed by atoms with Crippen LogP contribution in [0.25, 0.3) is 11.3 Å². The summed E-state index contributed by atoms with van der Waals surface area (Å²) in [5, 5.41) is 14.0. The standard InChI is InChI=1S/C18H18N6O3/c1-11-7-14(22-21-11)18(26)20-15-9-27-10-16(15)24-17(25)5-4-13(23-24)12-3-2-6-19-8-12/h2-8,15-16H,9-10H2,1H3,(H,20,26)(H,21,22). The fourth-order valence-corrected chi connectivity index (χ4v) is 3.03. The van der Waals surface area contributed by atoms with Gasteiger partial charge in [0.25, 0.3) is 11.5 Å². The van der Waals surface area contributed by atoms with Crippen LogP contribution < -0.4 is 10.9 Å². The number of aryl methyl sites for hydroxylation is 1. The second kappa shape index (κ2) is 7.12. The first-order chi connectivity index (χ1) is 13.1. The van der Waals surface area contributed by atoms with Gasteiger partial charge in [-0.3, -0.25) is 19.7 Å². The Labute approximate surface area is 154 Å². The Bertz CT molecular complexity index is 1010. The molecule has 9 heteroatoms. The molecule has 1 aliphatic rings. The van der Waals surface area contributed by atoms with Gasteiger partial charge in [-0.1, -0.05) is 0 Å². The van der Waals surface area contributed by atoms with Crippen LogP contribution in [0.1, 0.15) is 22.2 Å². The quantitative estimate of drug-likeness (QED) is 0.703. The fraction of sp³-hybridized carbons (Fsp3) is 0.278. The smallest absolute Gasteiger partial charge is 0.272 e. The van der Waals surface area contributed by atoms with Crippen molar-refractivity contribution in [3.05, 3.63) is 64.5 Å². The number of aromatic amines is 1. The van der Waals surface area contributed by atoms with Crippen LogP contribution in [0.3, 0.4) is 0 Å². The minimum Gasteiger partial charge on any atom is -0.377 e. The molecule has 0 saturated carbocycles. The molecule has 9 nitrogen and oxygen atoms in total. The molecule has 2 unspecified atom stereocenters. The van der Waals surface area contributed by atoms with E-state index in [0.29, 0.717) is 18.0 Å². The number of aromatic nitrogens is 5. The van der Waals surface area contributed by atoms with Crippen LogP contribution in [-0.2, 0) is 4.74 Å². The summed E-state index contributed by atoms with van der Waals surface area (Å²) in [6, 6.07) is 7.67. The molecule has 2 N–H and O–H groups in total. The molecule has 1 fully saturated rings. The Morgan fingerprint density at radius 3 is 2.96 bits per heavy atom. The van der Waals surface area contributed by atoms with E-state index in [1.165, 1.54) is 10.7 Å². The Morgan fingerprint density at radius 2 is 2.22 bits per heavy atom. The van der Waals surface area contributed by atoms with Crippen LogP contribution in [0.15, 0.2) is 47.5 Å². The maximum Gasteiger partial charge on any atom is 0.272 e. The van der Waals surface area contributed by atoms with Crippen LogP contribution >= 0.6 is 0 Å². The third-order valence-electron chi connectivity index (χ3n) is 4.40. The van der Waals surface area contributed by atoms with Gasteiger partial charge in [-0.25, -0.2) is 4.68 Å². The molecular formula is C18H18N6O3. The average Bonchev–Trinajstić information content (AvgIpc) is 3.32. The number of hydrogen-bond donors (Lipinski definition) is 2. The van der Waals surface area contributed by atoms with Crippen molar-refractivity contribution in [3.8, 4) is 11.3 Å². The number of carbonyl (C=O) groups is 1. The molecule has 3 aromatic heterocycles. The first-order valence-electron chi connectivity index (χ1n) is 8.53. The van der Waals surface area contributed by atoms with Crippen molar-refractivity contribution in [2.75, 3.05) is 13.2 Å². The number of carbonyl (C=O) groups excluding carboxylic acids is 1. The summed E-state index contributed by atoms with van der Waals surface area (Å²) < 4.78 is 6.88. The van der Waals surface area contributed by atoms with Crippen molar-refractivity contribution in [2.45, 2.75) is 19.0 Å². The summed E-state index contributed by atoms with van der Waals surface area (Å²) in [5.74, 6) is -0.323. The SMILES string of the molecule is Cc1cc(C(=O)NC2COCC2n2nc(-c3cccnc3)ccc2=O)n[nH]1. The van der Waals surface area contributed by atoms with Gasteiger partial charge in [-0.15, -0.1) is 0 Å². The molecule has 0 aliphatic carbocycles. The van der Waals surface area contributed by atoms with Gasteiger partial charge in [0.1, 0.15) is 11.7 Å². The zero-order chi connectivity index (χ0) is 18.8. The molecule has 1 amide bonds. The molecule has 1 aliphatic heterocycles. The van der Waals surface area contributed by atoms with E-state index >= 15 is 0 Å². The van der Waals surface area contributed by atoms with E-state index in [2.05, 4.69) is 25.6 Å². The molecule has 138 valence electrons. The van der Waals surface area contributed by atoms with Gasteiger partial charge in [-0.05, 0) is 31.2 Å². The number of nitrogens with one attached hydrogen (secondary N) is 2. The number of H-pyrrole nitrogens is 1. The largest absolute Gasteiger partial charge is 0.377 e. The molecule has 1 saturated heterocycles. The van der Waals surface area contributed by atoms with Crippen molar-refractivity contribution in [1.82, 2.24) is 30.3 Å². The first-order valence-corrected chi connectivity index (χ1v) is 8.53. The van der Waals surface area contributed by atoms with Crippen molar-refractivity contribution in [1.29, 1.82) is 0 Å². The fourth-order valence-electron chi connectivity index (χ4n) is 3.03. The van der Waals surface area contributed by atoms with Gasteiger partial charge < -0.3 is 10.1 Å². The van der Waals surface area contributed by atoms with Crippen LogP contribution in [0.5, 0.6) is 0 Å². The van der Waals surface area contributed by atoms with E-state index in [-0.39, 0.29) is 24.1 Å². The maximum absolute atomic E-state index is 12.4. The summed E-state index contributed by atoms with van der Waals surface area (Å²) in [7, 11) is 0. The average molecular weight is 366 g/mol. The minimum atomic E-state index is -0.405. The highest BCUT2D eigenvalue weighted by atomic mass is 16.5. The predicted octanol–water partition coefficient (Wildman–Crippen LogP) is 0.707. The molecule has 4 heterocycles.